The number of anilines is 1. The molecular formula is C11H15N3OS. The van der Waals surface area contributed by atoms with E-state index in [4.69, 9.17) is 4.52 Å². The zero-order valence-electron chi connectivity index (χ0n) is 9.65. The van der Waals surface area contributed by atoms with Gasteiger partial charge in [0, 0.05) is 17.4 Å². The summed E-state index contributed by atoms with van der Waals surface area (Å²) in [6.45, 7) is 6.86. The van der Waals surface area contributed by atoms with E-state index in [1.54, 1.807) is 11.3 Å². The number of nitrogens with one attached hydrogen (secondary N) is 1. The fourth-order valence-electron chi connectivity index (χ4n) is 1.30. The highest BCUT2D eigenvalue weighted by molar-refractivity contribution is 7.09. The molecule has 5 heteroatoms. The Balaban J connectivity index is 1.94. The molecule has 0 saturated carbocycles. The number of aryl methyl sites for hydroxylation is 1. The molecule has 0 aliphatic heterocycles. The summed E-state index contributed by atoms with van der Waals surface area (Å²) in [5.41, 5.74) is 1.05. The molecule has 0 saturated heterocycles. The zero-order valence-corrected chi connectivity index (χ0v) is 10.5. The predicted octanol–water partition coefficient (Wildman–Crippen LogP) is 3.18. The Morgan fingerprint density at radius 2 is 2.31 bits per heavy atom. The van der Waals surface area contributed by atoms with Crippen LogP contribution in [0.3, 0.4) is 0 Å². The van der Waals surface area contributed by atoms with Gasteiger partial charge in [-0.05, 0) is 6.92 Å². The molecule has 2 rings (SSSR count). The second-order valence-corrected chi connectivity index (χ2v) is 4.90. The van der Waals surface area contributed by atoms with E-state index in [-0.39, 0.29) is 0 Å². The van der Waals surface area contributed by atoms with Crippen molar-refractivity contribution in [3.05, 3.63) is 27.9 Å². The van der Waals surface area contributed by atoms with Gasteiger partial charge in [-0.2, -0.15) is 0 Å². The molecule has 0 fully saturated rings. The van der Waals surface area contributed by atoms with Crippen molar-refractivity contribution in [1.82, 2.24) is 10.1 Å². The van der Waals surface area contributed by atoms with Crippen molar-refractivity contribution in [3.8, 4) is 0 Å². The Bertz CT molecular complexity index is 461. The van der Waals surface area contributed by atoms with E-state index in [1.807, 2.05) is 13.0 Å². The third-order valence-electron chi connectivity index (χ3n) is 2.14. The fraction of sp³-hybridized carbons (Fsp3) is 0.455. The molecular weight excluding hydrogens is 222 g/mol. The number of rotatable bonds is 4. The Labute approximate surface area is 98.7 Å². The van der Waals surface area contributed by atoms with E-state index >= 15 is 0 Å². The summed E-state index contributed by atoms with van der Waals surface area (Å²) in [4.78, 5) is 4.53. The lowest BCUT2D eigenvalue weighted by molar-refractivity contribution is 0.399. The van der Waals surface area contributed by atoms with Crippen molar-refractivity contribution < 1.29 is 4.52 Å². The first-order valence-corrected chi connectivity index (χ1v) is 6.14. The van der Waals surface area contributed by atoms with E-state index in [0.717, 1.165) is 17.3 Å². The van der Waals surface area contributed by atoms with E-state index in [1.165, 1.54) is 5.01 Å². The largest absolute Gasteiger partial charge is 0.362 e. The van der Waals surface area contributed by atoms with Crippen LogP contribution in [0.15, 0.2) is 16.0 Å². The molecule has 0 unspecified atom stereocenters. The molecule has 86 valence electrons. The Kier molecular flexibility index (Phi) is 3.24. The molecule has 0 spiro atoms. The molecule has 0 aliphatic carbocycles. The number of hydrogen-bond donors (Lipinski definition) is 1. The number of hydrogen-bond acceptors (Lipinski definition) is 5. The van der Waals surface area contributed by atoms with Gasteiger partial charge in [-0.1, -0.05) is 19.0 Å². The first-order chi connectivity index (χ1) is 7.65. The van der Waals surface area contributed by atoms with Crippen LogP contribution in [0.25, 0.3) is 0 Å². The molecule has 1 N–H and O–H groups in total. The summed E-state index contributed by atoms with van der Waals surface area (Å²) in [7, 11) is 0. The van der Waals surface area contributed by atoms with Crippen LogP contribution < -0.4 is 5.32 Å². The standard InChI is InChI=1S/C11H15N3OS/c1-7(2)11-13-9(6-16-11)5-12-10-4-8(3)15-14-10/h4,6-7H,5H2,1-3H3,(H,12,14). The number of nitrogens with zero attached hydrogens (tertiary/aromatic N) is 2. The predicted molar refractivity (Wildman–Crippen MR) is 64.8 cm³/mol. The van der Waals surface area contributed by atoms with Crippen LogP contribution in [0.1, 0.15) is 36.2 Å². The van der Waals surface area contributed by atoms with Gasteiger partial charge in [-0.25, -0.2) is 4.98 Å². The van der Waals surface area contributed by atoms with Gasteiger partial charge in [-0.15, -0.1) is 11.3 Å². The Morgan fingerprint density at radius 1 is 1.50 bits per heavy atom. The number of aromatic nitrogens is 2. The molecule has 2 heterocycles. The van der Waals surface area contributed by atoms with Crippen LogP contribution in [0, 0.1) is 6.92 Å². The minimum Gasteiger partial charge on any atom is -0.362 e. The maximum Gasteiger partial charge on any atom is 0.169 e. The Hall–Kier alpha value is -1.36. The SMILES string of the molecule is Cc1cc(NCc2csc(C(C)C)n2)no1. The van der Waals surface area contributed by atoms with Crippen LogP contribution in [0.2, 0.25) is 0 Å². The summed E-state index contributed by atoms with van der Waals surface area (Å²) < 4.78 is 4.97. The summed E-state index contributed by atoms with van der Waals surface area (Å²) in [5, 5.41) is 10.3. The lowest BCUT2D eigenvalue weighted by Gasteiger charge is -1.99. The van der Waals surface area contributed by atoms with Gasteiger partial charge in [0.15, 0.2) is 5.82 Å². The third kappa shape index (κ3) is 2.61. The smallest absolute Gasteiger partial charge is 0.169 e. The summed E-state index contributed by atoms with van der Waals surface area (Å²) >= 11 is 1.70. The molecule has 0 aliphatic rings. The third-order valence-corrected chi connectivity index (χ3v) is 3.34. The highest BCUT2D eigenvalue weighted by Gasteiger charge is 2.06. The van der Waals surface area contributed by atoms with Crippen molar-refractivity contribution in [2.24, 2.45) is 0 Å². The van der Waals surface area contributed by atoms with Gasteiger partial charge in [0.1, 0.15) is 5.76 Å². The van der Waals surface area contributed by atoms with Crippen molar-refractivity contribution in [1.29, 1.82) is 0 Å². The molecule has 2 aromatic rings. The van der Waals surface area contributed by atoms with Gasteiger partial charge in [-0.3, -0.25) is 0 Å². The van der Waals surface area contributed by atoms with E-state index in [2.05, 4.69) is 34.7 Å². The molecule has 0 radical (unpaired) electrons. The summed E-state index contributed by atoms with van der Waals surface area (Å²) in [6, 6.07) is 1.87. The van der Waals surface area contributed by atoms with Crippen molar-refractivity contribution in [3.63, 3.8) is 0 Å². The quantitative estimate of drug-likeness (QED) is 0.887. The molecule has 2 aromatic heterocycles. The van der Waals surface area contributed by atoms with Crippen LogP contribution in [0.5, 0.6) is 0 Å². The van der Waals surface area contributed by atoms with E-state index in [9.17, 15) is 0 Å². The highest BCUT2D eigenvalue weighted by atomic mass is 32.1. The van der Waals surface area contributed by atoms with Crippen molar-refractivity contribution in [2.45, 2.75) is 33.2 Å². The van der Waals surface area contributed by atoms with Crippen molar-refractivity contribution in [2.75, 3.05) is 5.32 Å². The lowest BCUT2D eigenvalue weighted by atomic mass is 10.2. The van der Waals surface area contributed by atoms with Crippen LogP contribution in [-0.4, -0.2) is 10.1 Å². The first kappa shape index (κ1) is 11.1. The average molecular weight is 237 g/mol. The molecule has 16 heavy (non-hydrogen) atoms. The summed E-state index contributed by atoms with van der Waals surface area (Å²) in [5.74, 6) is 2.06. The first-order valence-electron chi connectivity index (χ1n) is 5.26. The molecule has 0 atom stereocenters. The minimum absolute atomic E-state index is 0.494. The topological polar surface area (TPSA) is 51.0 Å². The molecule has 4 nitrogen and oxygen atoms in total. The van der Waals surface area contributed by atoms with Gasteiger partial charge in [0.25, 0.3) is 0 Å². The Morgan fingerprint density at radius 3 is 2.88 bits per heavy atom. The van der Waals surface area contributed by atoms with Gasteiger partial charge >= 0.3 is 0 Å². The van der Waals surface area contributed by atoms with Crippen LogP contribution >= 0.6 is 11.3 Å². The maximum absolute atomic E-state index is 4.97. The minimum atomic E-state index is 0.494. The van der Waals surface area contributed by atoms with E-state index < -0.39 is 0 Å². The lowest BCUT2D eigenvalue weighted by Crippen LogP contribution is -2.00. The summed E-state index contributed by atoms with van der Waals surface area (Å²) in [6.07, 6.45) is 0. The van der Waals surface area contributed by atoms with Gasteiger partial charge < -0.3 is 9.84 Å². The average Bonchev–Trinajstić information content (AvgIpc) is 2.83. The second kappa shape index (κ2) is 4.65. The van der Waals surface area contributed by atoms with Crippen molar-refractivity contribution >= 4 is 17.2 Å². The monoisotopic (exact) mass is 237 g/mol. The van der Waals surface area contributed by atoms with Gasteiger partial charge in [0.05, 0.1) is 17.2 Å². The zero-order chi connectivity index (χ0) is 11.5. The van der Waals surface area contributed by atoms with Crippen LogP contribution in [0.4, 0.5) is 5.82 Å². The normalized spacial score (nSPS) is 11.0. The molecule has 0 aromatic carbocycles. The van der Waals surface area contributed by atoms with Crippen LogP contribution in [-0.2, 0) is 6.54 Å². The molecule has 0 bridgehead atoms. The second-order valence-electron chi connectivity index (χ2n) is 4.01. The number of thiazole rings is 1. The molecule has 0 amide bonds. The van der Waals surface area contributed by atoms with Gasteiger partial charge in [0.2, 0.25) is 0 Å². The van der Waals surface area contributed by atoms with E-state index in [0.29, 0.717) is 12.5 Å². The fourth-order valence-corrected chi connectivity index (χ4v) is 2.13. The highest BCUT2D eigenvalue weighted by Crippen LogP contribution is 2.19. The maximum atomic E-state index is 4.97.